The van der Waals surface area contributed by atoms with Crippen LogP contribution in [-0.2, 0) is 23.9 Å². The summed E-state index contributed by atoms with van der Waals surface area (Å²) in [7, 11) is 0. The predicted octanol–water partition coefficient (Wildman–Crippen LogP) is 14.5. The van der Waals surface area contributed by atoms with E-state index < -0.39 is 23.2 Å². The average Bonchev–Trinajstić information content (AvgIpc) is 3.80. The van der Waals surface area contributed by atoms with Gasteiger partial charge in [0.05, 0.1) is 36.7 Å². The van der Waals surface area contributed by atoms with Crippen molar-refractivity contribution in [3.63, 3.8) is 0 Å². The van der Waals surface area contributed by atoms with Gasteiger partial charge in [0, 0.05) is 58.0 Å². The maximum atomic E-state index is 14.2. The molecule has 0 radical (unpaired) electrons. The van der Waals surface area contributed by atoms with E-state index in [0.29, 0.717) is 22.4 Å². The summed E-state index contributed by atoms with van der Waals surface area (Å²) in [5, 5.41) is 3.58. The Morgan fingerprint density at radius 2 is 1.04 bits per heavy atom. The van der Waals surface area contributed by atoms with Crippen LogP contribution >= 0.6 is 101 Å². The molecule has 2 unspecified atom stereocenters. The third-order valence-electron chi connectivity index (χ3n) is 10.0. The summed E-state index contributed by atoms with van der Waals surface area (Å²) in [6.45, 7) is 0.401. The van der Waals surface area contributed by atoms with E-state index in [-0.39, 0.29) is 86.8 Å². The molecule has 2 N–H and O–H groups in total. The molecule has 20 heteroatoms. The summed E-state index contributed by atoms with van der Waals surface area (Å²) in [6.07, 6.45) is -9.25. The van der Waals surface area contributed by atoms with Crippen molar-refractivity contribution in [2.45, 2.75) is 49.1 Å². The van der Waals surface area contributed by atoms with E-state index in [1.165, 1.54) is 24.3 Å². The van der Waals surface area contributed by atoms with E-state index in [4.69, 9.17) is 80.9 Å². The van der Waals surface area contributed by atoms with E-state index in [9.17, 15) is 26.3 Å². The third-order valence-corrected chi connectivity index (χ3v) is 13.9. The summed E-state index contributed by atoms with van der Waals surface area (Å²) in [5.74, 6) is 0. The van der Waals surface area contributed by atoms with Crippen LogP contribution in [0.25, 0.3) is 10.4 Å². The molecule has 0 saturated carbocycles. The van der Waals surface area contributed by atoms with Crippen LogP contribution in [0.15, 0.2) is 74.7 Å². The maximum Gasteiger partial charge on any atom is 0.400 e. The van der Waals surface area contributed by atoms with Crippen molar-refractivity contribution < 1.29 is 26.3 Å². The highest BCUT2D eigenvalue weighted by atomic mass is 79.9. The Labute approximate surface area is 365 Å². The van der Waals surface area contributed by atoms with Crippen LogP contribution in [0.2, 0.25) is 30.1 Å². The van der Waals surface area contributed by atoms with E-state index in [0.717, 1.165) is 15.6 Å². The summed E-state index contributed by atoms with van der Waals surface area (Å²) in [6, 6.07) is 15.5. The Bertz CT molecular complexity index is 2130. The van der Waals surface area contributed by atoms with Gasteiger partial charge in [-0.15, -0.1) is 0 Å². The lowest BCUT2D eigenvalue weighted by Gasteiger charge is -2.33. The lowest BCUT2D eigenvalue weighted by Crippen LogP contribution is -2.44. The van der Waals surface area contributed by atoms with Gasteiger partial charge >= 0.3 is 12.4 Å². The van der Waals surface area contributed by atoms with Gasteiger partial charge in [-0.3, -0.25) is 0 Å². The fourth-order valence-electron chi connectivity index (χ4n) is 6.85. The molecule has 0 spiro atoms. The monoisotopic (exact) mass is 1030 g/mol. The molecule has 2 saturated heterocycles. The normalized spacial score (nSPS) is 19.8. The van der Waals surface area contributed by atoms with Gasteiger partial charge in [-0.1, -0.05) is 119 Å². The molecule has 6 nitrogen and oxygen atoms in total. The first-order chi connectivity index (χ1) is 26.2. The molecule has 2 fully saturated rings. The molecule has 0 aromatic heterocycles. The second kappa shape index (κ2) is 17.7. The molecule has 0 aliphatic carbocycles. The van der Waals surface area contributed by atoms with Gasteiger partial charge in [-0.2, -0.15) is 26.3 Å². The number of nitrogens with zero attached hydrogens (tertiary/aromatic N) is 5. The quantitative estimate of drug-likeness (QED) is 0.0658. The molecule has 300 valence electrons. The molecule has 0 amide bonds. The maximum absolute atomic E-state index is 14.2. The predicted molar refractivity (Wildman–Crippen MR) is 221 cm³/mol. The number of azide groups is 1. The first-order valence-corrected chi connectivity index (χ1v) is 20.2. The SMILES string of the molecule is NCc1ccc(N2CCC(c3cc(Cl)c(Cl)c(Cl)c3)(C(F)(F)F)C2)cc1Br.[N-]=[N+]=NCc1ccc(N2CCC(c3cc(Cl)c(Cl)c(Cl)c3)(C(F)(F)F)C2)cc1Br. The number of nitrogens with two attached hydrogens (primary N) is 1. The largest absolute Gasteiger partial charge is 0.400 e. The molecule has 4 aromatic carbocycles. The number of benzene rings is 4. The van der Waals surface area contributed by atoms with E-state index in [2.05, 4.69) is 41.9 Å². The lowest BCUT2D eigenvalue weighted by atomic mass is 9.79. The highest BCUT2D eigenvalue weighted by Crippen LogP contribution is 2.52. The Kier molecular flexibility index (Phi) is 14.3. The van der Waals surface area contributed by atoms with Crippen molar-refractivity contribution in [1.29, 1.82) is 0 Å². The average molecular weight is 1030 g/mol. The van der Waals surface area contributed by atoms with Crippen LogP contribution in [0.5, 0.6) is 0 Å². The van der Waals surface area contributed by atoms with Gasteiger partial charge in [-0.05, 0) is 89.2 Å². The highest BCUT2D eigenvalue weighted by Gasteiger charge is 2.60. The van der Waals surface area contributed by atoms with Gasteiger partial charge in [0.1, 0.15) is 10.8 Å². The fourth-order valence-corrected chi connectivity index (χ4v) is 9.07. The van der Waals surface area contributed by atoms with Gasteiger partial charge < -0.3 is 15.5 Å². The molecule has 2 heterocycles. The van der Waals surface area contributed by atoms with Crippen LogP contribution in [0, 0.1) is 0 Å². The van der Waals surface area contributed by atoms with Gasteiger partial charge in [0.2, 0.25) is 0 Å². The summed E-state index contributed by atoms with van der Waals surface area (Å²) >= 11 is 42.6. The Morgan fingerprint density at radius 3 is 1.36 bits per heavy atom. The molecule has 2 aliphatic rings. The first kappa shape index (κ1) is 45.1. The Balaban J connectivity index is 0.000000215. The van der Waals surface area contributed by atoms with Crippen molar-refractivity contribution in [3.8, 4) is 0 Å². The van der Waals surface area contributed by atoms with Crippen molar-refractivity contribution in [2.75, 3.05) is 36.0 Å². The molecule has 6 rings (SSSR count). The summed E-state index contributed by atoms with van der Waals surface area (Å²) in [4.78, 5) is 6.07. The minimum atomic E-state index is -4.51. The molecule has 2 aliphatic heterocycles. The number of alkyl halides is 6. The molecule has 4 aromatic rings. The van der Waals surface area contributed by atoms with Crippen LogP contribution in [-0.4, -0.2) is 38.5 Å². The zero-order valence-electron chi connectivity index (χ0n) is 28.5. The standard InChI is InChI=1S/C18H13BrCl3F3N4.C18H15BrCl3F3N2/c19-13-7-12(2-1-10(13)8-27-28-26)29-4-3-17(9-29,18(23,24)25)11-5-14(20)16(22)15(21)6-11;19-13-7-12(2-1-10(13)8-26)27-4-3-17(9-27,18(23,24)25)11-5-14(20)16(22)15(21)6-11/h1-2,5-7H,3-4,8-9H2;1-2,5-7H,3-4,8-9,26H2. The van der Waals surface area contributed by atoms with Gasteiger partial charge in [0.15, 0.2) is 0 Å². The van der Waals surface area contributed by atoms with Crippen molar-refractivity contribution in [1.82, 2.24) is 0 Å². The minimum absolute atomic E-state index is 0.00839. The number of halogens is 14. The van der Waals surface area contributed by atoms with Gasteiger partial charge in [-0.25, -0.2) is 0 Å². The highest BCUT2D eigenvalue weighted by molar-refractivity contribution is 9.10. The number of rotatable bonds is 7. The molecule has 0 bridgehead atoms. The number of hydrogen-bond donors (Lipinski definition) is 1. The molecular formula is C36H28Br2Cl6F6N6. The van der Waals surface area contributed by atoms with Crippen LogP contribution in [0.3, 0.4) is 0 Å². The van der Waals surface area contributed by atoms with E-state index in [1.54, 1.807) is 40.1 Å². The Hall–Kier alpha value is -1.97. The fraction of sp³-hybridized carbons (Fsp3) is 0.333. The topological polar surface area (TPSA) is 81.3 Å². The zero-order chi connectivity index (χ0) is 41.4. The van der Waals surface area contributed by atoms with E-state index in [1.807, 2.05) is 6.07 Å². The third kappa shape index (κ3) is 9.10. The van der Waals surface area contributed by atoms with Gasteiger partial charge in [0.25, 0.3) is 0 Å². The van der Waals surface area contributed by atoms with E-state index >= 15 is 0 Å². The lowest BCUT2D eigenvalue weighted by molar-refractivity contribution is -0.185. The Morgan fingerprint density at radius 1 is 0.661 bits per heavy atom. The van der Waals surface area contributed by atoms with Crippen LogP contribution in [0.4, 0.5) is 37.7 Å². The molecular weight excluding hydrogens is 1000 g/mol. The number of hydrogen-bond acceptors (Lipinski definition) is 4. The smallest absolute Gasteiger partial charge is 0.370 e. The summed E-state index contributed by atoms with van der Waals surface area (Å²) < 4.78 is 86.7. The first-order valence-electron chi connectivity index (χ1n) is 16.4. The van der Waals surface area contributed by atoms with Crippen LogP contribution < -0.4 is 15.5 Å². The summed E-state index contributed by atoms with van der Waals surface area (Å²) in [5.41, 5.74) is 12.8. The van der Waals surface area contributed by atoms with Crippen molar-refractivity contribution >= 4 is 113 Å². The number of anilines is 2. The molecule has 56 heavy (non-hydrogen) atoms. The molecule has 2 atom stereocenters. The zero-order valence-corrected chi connectivity index (χ0v) is 36.2. The second-order valence-corrected chi connectivity index (χ2v) is 17.2. The second-order valence-electron chi connectivity index (χ2n) is 13.2. The van der Waals surface area contributed by atoms with Crippen LogP contribution in [0.1, 0.15) is 35.1 Å². The van der Waals surface area contributed by atoms with Crippen molar-refractivity contribution in [2.24, 2.45) is 10.8 Å². The van der Waals surface area contributed by atoms with Crippen molar-refractivity contribution in [3.05, 3.63) is 132 Å². The minimum Gasteiger partial charge on any atom is -0.370 e.